The second kappa shape index (κ2) is 7.61. The van der Waals surface area contributed by atoms with Crippen LogP contribution in [0.25, 0.3) is 0 Å². The molecule has 1 amide bonds. The summed E-state index contributed by atoms with van der Waals surface area (Å²) >= 11 is 1.03. The summed E-state index contributed by atoms with van der Waals surface area (Å²) < 4.78 is 76.1. The molecule has 0 aliphatic rings. The second-order valence-electron chi connectivity index (χ2n) is 5.40. The van der Waals surface area contributed by atoms with Crippen LogP contribution in [-0.2, 0) is 17.1 Å². The van der Waals surface area contributed by atoms with Crippen LogP contribution in [0.15, 0.2) is 48.5 Å². The molecule has 0 bridgehead atoms. The highest BCUT2D eigenvalue weighted by atomic mass is 32.2. The van der Waals surface area contributed by atoms with Crippen LogP contribution in [0, 0.1) is 0 Å². The third kappa shape index (κ3) is 5.17. The quantitative estimate of drug-likeness (QED) is 0.724. The van der Waals surface area contributed by atoms with Gasteiger partial charge in [0.15, 0.2) is 0 Å². The maximum absolute atomic E-state index is 12.7. The number of hydrogen-bond donors (Lipinski definition) is 1. The van der Waals surface area contributed by atoms with E-state index in [1.54, 1.807) is 0 Å². The molecule has 2 nitrogen and oxygen atoms in total. The number of carbonyl (C=O) groups excluding carboxylic acids is 1. The predicted octanol–water partition coefficient (Wildman–Crippen LogP) is 5.03. The fourth-order valence-electron chi connectivity index (χ4n) is 2.24. The lowest BCUT2D eigenvalue weighted by atomic mass is 10.0. The summed E-state index contributed by atoms with van der Waals surface area (Å²) in [7, 11) is 0. The van der Waals surface area contributed by atoms with Crippen molar-refractivity contribution in [3.8, 4) is 0 Å². The Kier molecular flexibility index (Phi) is 5.90. The maximum Gasteiger partial charge on any atom is 0.416 e. The zero-order valence-corrected chi connectivity index (χ0v) is 13.9. The van der Waals surface area contributed by atoms with Gasteiger partial charge in [-0.05, 0) is 35.4 Å². The molecule has 2 rings (SSSR count). The number of halogens is 6. The van der Waals surface area contributed by atoms with Gasteiger partial charge in [-0.25, -0.2) is 0 Å². The fourth-order valence-corrected chi connectivity index (χ4v) is 3.27. The smallest absolute Gasteiger partial charge is 0.369 e. The van der Waals surface area contributed by atoms with E-state index in [1.807, 2.05) is 0 Å². The summed E-state index contributed by atoms with van der Waals surface area (Å²) in [6, 6.07) is 8.49. The third-order valence-corrected chi connectivity index (χ3v) is 4.80. The Morgan fingerprint density at radius 1 is 0.808 bits per heavy atom. The van der Waals surface area contributed by atoms with Crippen molar-refractivity contribution in [1.29, 1.82) is 0 Å². The molecule has 0 saturated carbocycles. The van der Waals surface area contributed by atoms with E-state index >= 15 is 0 Å². The van der Waals surface area contributed by atoms with Crippen molar-refractivity contribution in [1.82, 2.24) is 0 Å². The Hall–Kier alpha value is -2.16. The van der Waals surface area contributed by atoms with Crippen molar-refractivity contribution >= 4 is 17.7 Å². The van der Waals surface area contributed by atoms with Crippen molar-refractivity contribution in [2.24, 2.45) is 5.73 Å². The molecule has 26 heavy (non-hydrogen) atoms. The Bertz CT molecular complexity index is 695. The molecule has 9 heteroatoms. The first-order valence-corrected chi connectivity index (χ1v) is 8.27. The minimum absolute atomic E-state index is 0.132. The molecule has 2 aromatic rings. The molecule has 140 valence electrons. The van der Waals surface area contributed by atoms with E-state index in [0.29, 0.717) is 11.1 Å². The molecule has 0 radical (unpaired) electrons. The molecule has 2 aromatic carbocycles. The molecule has 0 spiro atoms. The first-order chi connectivity index (χ1) is 12.0. The molecule has 0 atom stereocenters. The zero-order valence-electron chi connectivity index (χ0n) is 13.1. The highest BCUT2D eigenvalue weighted by Gasteiger charge is 2.31. The number of carbonyl (C=O) groups is 1. The molecule has 0 fully saturated rings. The maximum atomic E-state index is 12.7. The zero-order chi connectivity index (χ0) is 19.5. The number of benzene rings is 2. The molecule has 0 aliphatic heterocycles. The molecule has 0 aliphatic carbocycles. The Morgan fingerprint density at radius 3 is 1.42 bits per heavy atom. The molecular formula is C17H13F6NOS. The van der Waals surface area contributed by atoms with E-state index in [2.05, 4.69) is 0 Å². The summed E-state index contributed by atoms with van der Waals surface area (Å²) in [6.07, 6.45) is -8.99. The van der Waals surface area contributed by atoms with Crippen molar-refractivity contribution in [2.45, 2.75) is 17.6 Å². The van der Waals surface area contributed by atoms with Crippen molar-refractivity contribution < 1.29 is 31.1 Å². The average molecular weight is 393 g/mol. The van der Waals surface area contributed by atoms with Gasteiger partial charge in [0.25, 0.3) is 0 Å². The van der Waals surface area contributed by atoms with Crippen LogP contribution in [0.3, 0.4) is 0 Å². The number of amides is 1. The summed E-state index contributed by atoms with van der Waals surface area (Å²) in [5, 5.41) is -0.632. The van der Waals surface area contributed by atoms with Crippen molar-refractivity contribution in [3.05, 3.63) is 70.8 Å². The SMILES string of the molecule is NC(=O)CSC(c1ccc(C(F)(F)F)cc1)c1ccc(C(F)(F)F)cc1. The standard InChI is InChI=1S/C17H13F6NOS/c18-16(19,20)12-5-1-10(2-6-12)15(26-9-14(24)25)11-3-7-13(8-4-11)17(21,22)23/h1-8,15H,9H2,(H2,24,25). The number of thioether (sulfide) groups is 1. The lowest BCUT2D eigenvalue weighted by molar-refractivity contribution is -0.138. The summed E-state index contributed by atoms with van der Waals surface area (Å²) in [5.41, 5.74) is 4.26. The molecule has 2 N–H and O–H groups in total. The first-order valence-electron chi connectivity index (χ1n) is 7.22. The minimum Gasteiger partial charge on any atom is -0.369 e. The topological polar surface area (TPSA) is 43.1 Å². The van der Waals surface area contributed by atoms with E-state index in [0.717, 1.165) is 36.0 Å². The summed E-state index contributed by atoms with van der Waals surface area (Å²) in [5.74, 6) is -0.772. The lowest BCUT2D eigenvalue weighted by Gasteiger charge is -2.18. The van der Waals surface area contributed by atoms with Gasteiger partial charge in [-0.1, -0.05) is 24.3 Å². The van der Waals surface area contributed by atoms with Crippen molar-refractivity contribution in [3.63, 3.8) is 0 Å². The van der Waals surface area contributed by atoms with Gasteiger partial charge in [0, 0.05) is 0 Å². The molecule has 0 aromatic heterocycles. The van der Waals surface area contributed by atoms with E-state index < -0.39 is 34.6 Å². The second-order valence-corrected chi connectivity index (χ2v) is 6.49. The predicted molar refractivity (Wildman–Crippen MR) is 86.4 cm³/mol. The molecular weight excluding hydrogens is 380 g/mol. The number of primary amides is 1. The number of nitrogens with two attached hydrogens (primary N) is 1. The van der Waals surface area contributed by atoms with Crippen LogP contribution < -0.4 is 5.73 Å². The minimum atomic E-state index is -4.50. The van der Waals surface area contributed by atoms with Gasteiger partial charge >= 0.3 is 12.4 Å². The summed E-state index contributed by atoms with van der Waals surface area (Å²) in [4.78, 5) is 11.0. The van der Waals surface area contributed by atoms with Gasteiger partial charge in [-0.3, -0.25) is 4.79 Å². The van der Waals surface area contributed by atoms with Crippen LogP contribution in [0.5, 0.6) is 0 Å². The highest BCUT2D eigenvalue weighted by molar-refractivity contribution is 8.00. The van der Waals surface area contributed by atoms with Crippen molar-refractivity contribution in [2.75, 3.05) is 5.75 Å². The monoisotopic (exact) mass is 393 g/mol. The van der Waals surface area contributed by atoms with Gasteiger partial charge in [-0.2, -0.15) is 26.3 Å². The normalized spacial score (nSPS) is 12.4. The van der Waals surface area contributed by atoms with E-state index in [1.165, 1.54) is 24.3 Å². The van der Waals surface area contributed by atoms with Crippen LogP contribution in [0.4, 0.5) is 26.3 Å². The summed E-state index contributed by atoms with van der Waals surface area (Å²) in [6.45, 7) is 0. The first kappa shape index (κ1) is 20.2. The van der Waals surface area contributed by atoms with Gasteiger partial charge in [0.05, 0.1) is 22.1 Å². The fraction of sp³-hybridized carbons (Fsp3) is 0.235. The van der Waals surface area contributed by atoms with Crippen LogP contribution in [0.2, 0.25) is 0 Å². The highest BCUT2D eigenvalue weighted by Crippen LogP contribution is 2.38. The van der Waals surface area contributed by atoms with Gasteiger partial charge < -0.3 is 5.73 Å². The lowest BCUT2D eigenvalue weighted by Crippen LogP contribution is -2.15. The van der Waals surface area contributed by atoms with Crippen LogP contribution in [-0.4, -0.2) is 11.7 Å². The Labute approximate surface area is 149 Å². The average Bonchev–Trinajstić information content (AvgIpc) is 2.54. The molecule has 0 heterocycles. The number of hydrogen-bond acceptors (Lipinski definition) is 2. The van der Waals surface area contributed by atoms with E-state index in [-0.39, 0.29) is 5.75 Å². The number of rotatable bonds is 5. The third-order valence-electron chi connectivity index (χ3n) is 3.47. The Balaban J connectivity index is 2.35. The van der Waals surface area contributed by atoms with Crippen LogP contribution >= 0.6 is 11.8 Å². The Morgan fingerprint density at radius 2 is 1.15 bits per heavy atom. The van der Waals surface area contributed by atoms with E-state index in [9.17, 15) is 31.1 Å². The van der Waals surface area contributed by atoms with Gasteiger partial charge in [-0.15, -0.1) is 11.8 Å². The molecule has 0 saturated heterocycles. The van der Waals surface area contributed by atoms with Crippen LogP contribution in [0.1, 0.15) is 27.5 Å². The van der Waals surface area contributed by atoms with Gasteiger partial charge in [0.2, 0.25) is 5.91 Å². The van der Waals surface area contributed by atoms with Gasteiger partial charge in [0.1, 0.15) is 0 Å². The van der Waals surface area contributed by atoms with E-state index in [4.69, 9.17) is 5.73 Å². The molecule has 0 unspecified atom stereocenters. The number of alkyl halides is 6. The largest absolute Gasteiger partial charge is 0.416 e.